The number of nitrogens with zero attached hydrogens (tertiary/aromatic N) is 1. The quantitative estimate of drug-likeness (QED) is 0.676. The van der Waals surface area contributed by atoms with Gasteiger partial charge in [-0.2, -0.15) is 0 Å². The van der Waals surface area contributed by atoms with Crippen LogP contribution in [0.25, 0.3) is 10.8 Å². The van der Waals surface area contributed by atoms with Gasteiger partial charge in [-0.1, -0.05) is 52.3 Å². The van der Waals surface area contributed by atoms with Gasteiger partial charge in [-0.25, -0.2) is 13.1 Å². The van der Waals surface area contributed by atoms with Gasteiger partial charge in [-0.15, -0.1) is 0 Å². The minimum Gasteiger partial charge on any atom is -0.377 e. The lowest BCUT2D eigenvalue weighted by atomic mass is 10.1. The Labute approximate surface area is 156 Å². The summed E-state index contributed by atoms with van der Waals surface area (Å²) in [6.45, 7) is 0.242. The number of rotatable bonds is 5. The lowest BCUT2D eigenvalue weighted by molar-refractivity contribution is 0.582. The van der Waals surface area contributed by atoms with Crippen LogP contribution < -0.4 is 9.62 Å². The van der Waals surface area contributed by atoms with Crippen LogP contribution in [0, 0.1) is 0 Å². The average Bonchev–Trinajstić information content (AvgIpc) is 2.59. The van der Waals surface area contributed by atoms with Crippen molar-refractivity contribution >= 4 is 42.4 Å². The maximum Gasteiger partial charge on any atom is 0.241 e. The molecule has 0 atom stereocenters. The van der Waals surface area contributed by atoms with Crippen LogP contribution in [0.5, 0.6) is 0 Å². The topological polar surface area (TPSA) is 49.4 Å². The van der Waals surface area contributed by atoms with E-state index in [4.69, 9.17) is 0 Å². The number of hydrogen-bond donors (Lipinski definition) is 1. The second-order valence-electron chi connectivity index (χ2n) is 5.98. The van der Waals surface area contributed by atoms with E-state index in [2.05, 4.69) is 20.7 Å². The highest BCUT2D eigenvalue weighted by Gasteiger charge is 2.18. The lowest BCUT2D eigenvalue weighted by Gasteiger charge is -2.17. The van der Waals surface area contributed by atoms with Crippen LogP contribution in [0.4, 0.5) is 5.69 Å². The third-order valence-corrected chi connectivity index (χ3v) is 5.94. The van der Waals surface area contributed by atoms with Gasteiger partial charge in [0.15, 0.2) is 0 Å². The third-order valence-electron chi connectivity index (χ3n) is 3.99. The van der Waals surface area contributed by atoms with E-state index in [1.807, 2.05) is 67.5 Å². The molecule has 3 rings (SSSR count). The van der Waals surface area contributed by atoms with Crippen LogP contribution in [0.15, 0.2) is 70.0 Å². The van der Waals surface area contributed by atoms with Crippen molar-refractivity contribution in [3.8, 4) is 0 Å². The molecular weight excluding hydrogens is 400 g/mol. The summed E-state index contributed by atoms with van der Waals surface area (Å²) in [5.74, 6) is 0. The first kappa shape index (κ1) is 17.9. The van der Waals surface area contributed by atoms with Crippen molar-refractivity contribution in [2.75, 3.05) is 19.0 Å². The van der Waals surface area contributed by atoms with Crippen LogP contribution in [-0.4, -0.2) is 22.5 Å². The standard InChI is InChI=1S/C19H19BrN2O2S/c1-22(2)18-10-4-9-17-16(18)8-5-11-19(17)25(23,24)21-13-14-6-3-7-15(20)12-14/h3-12,21H,13H2,1-2H3. The second-order valence-corrected chi connectivity index (χ2v) is 8.63. The van der Waals surface area contributed by atoms with E-state index in [1.165, 1.54) is 0 Å². The molecule has 25 heavy (non-hydrogen) atoms. The fourth-order valence-electron chi connectivity index (χ4n) is 2.79. The zero-order valence-electron chi connectivity index (χ0n) is 14.0. The minimum absolute atomic E-state index is 0.242. The van der Waals surface area contributed by atoms with Gasteiger partial charge < -0.3 is 4.90 Å². The minimum atomic E-state index is -3.62. The molecule has 0 amide bonds. The van der Waals surface area contributed by atoms with Gasteiger partial charge in [0.1, 0.15) is 0 Å². The monoisotopic (exact) mass is 418 g/mol. The van der Waals surface area contributed by atoms with Crippen molar-refractivity contribution < 1.29 is 8.42 Å². The largest absolute Gasteiger partial charge is 0.377 e. The molecule has 0 aliphatic heterocycles. The predicted molar refractivity (Wildman–Crippen MR) is 106 cm³/mol. The van der Waals surface area contributed by atoms with Crippen molar-refractivity contribution in [3.05, 3.63) is 70.7 Å². The number of halogens is 1. The first-order chi connectivity index (χ1) is 11.9. The Balaban J connectivity index is 1.98. The fraction of sp³-hybridized carbons (Fsp3) is 0.158. The van der Waals surface area contributed by atoms with Gasteiger partial charge in [-0.05, 0) is 29.8 Å². The highest BCUT2D eigenvalue weighted by atomic mass is 79.9. The van der Waals surface area contributed by atoms with Gasteiger partial charge in [0.25, 0.3) is 0 Å². The summed E-state index contributed by atoms with van der Waals surface area (Å²) in [6.07, 6.45) is 0. The van der Waals surface area contributed by atoms with Crippen LogP contribution in [0.1, 0.15) is 5.56 Å². The van der Waals surface area contributed by atoms with Gasteiger partial charge in [0.05, 0.1) is 4.90 Å². The molecule has 3 aromatic carbocycles. The zero-order valence-corrected chi connectivity index (χ0v) is 16.4. The highest BCUT2D eigenvalue weighted by Crippen LogP contribution is 2.30. The van der Waals surface area contributed by atoms with E-state index in [-0.39, 0.29) is 6.54 Å². The van der Waals surface area contributed by atoms with Crippen LogP contribution in [-0.2, 0) is 16.6 Å². The van der Waals surface area contributed by atoms with Crippen molar-refractivity contribution in [1.82, 2.24) is 4.72 Å². The smallest absolute Gasteiger partial charge is 0.241 e. The van der Waals surface area contributed by atoms with E-state index in [0.29, 0.717) is 4.90 Å². The summed E-state index contributed by atoms with van der Waals surface area (Å²) in [5, 5.41) is 1.63. The lowest BCUT2D eigenvalue weighted by Crippen LogP contribution is -2.23. The second kappa shape index (κ2) is 7.15. The Kier molecular flexibility index (Phi) is 5.13. The molecule has 0 saturated carbocycles. The highest BCUT2D eigenvalue weighted by molar-refractivity contribution is 9.10. The normalized spacial score (nSPS) is 11.6. The SMILES string of the molecule is CN(C)c1cccc2c(S(=O)(=O)NCc3cccc(Br)c3)cccc12. The molecule has 1 N–H and O–H groups in total. The van der Waals surface area contributed by atoms with Gasteiger partial charge in [0, 0.05) is 41.6 Å². The maximum absolute atomic E-state index is 12.8. The third kappa shape index (κ3) is 3.86. The number of sulfonamides is 1. The van der Waals surface area contributed by atoms with Gasteiger partial charge in [-0.3, -0.25) is 0 Å². The van der Waals surface area contributed by atoms with E-state index < -0.39 is 10.0 Å². The van der Waals surface area contributed by atoms with Crippen molar-refractivity contribution in [2.24, 2.45) is 0 Å². The molecule has 0 saturated heterocycles. The first-order valence-electron chi connectivity index (χ1n) is 7.82. The van der Waals surface area contributed by atoms with Gasteiger partial charge in [0.2, 0.25) is 10.0 Å². The average molecular weight is 419 g/mol. The molecule has 0 bridgehead atoms. The predicted octanol–water partition coefficient (Wildman–Crippen LogP) is 4.15. The molecule has 4 nitrogen and oxygen atoms in total. The molecule has 0 heterocycles. The number of benzene rings is 3. The molecule has 6 heteroatoms. The molecular formula is C19H19BrN2O2S. The summed E-state index contributed by atoms with van der Waals surface area (Å²) in [5.41, 5.74) is 1.88. The Morgan fingerprint density at radius 2 is 1.64 bits per heavy atom. The van der Waals surface area contributed by atoms with Gasteiger partial charge >= 0.3 is 0 Å². The first-order valence-corrected chi connectivity index (χ1v) is 10.1. The molecule has 130 valence electrons. The summed E-state index contributed by atoms with van der Waals surface area (Å²) < 4.78 is 29.3. The summed E-state index contributed by atoms with van der Waals surface area (Å²) in [7, 11) is 0.268. The fourth-order valence-corrected chi connectivity index (χ4v) is 4.48. The van der Waals surface area contributed by atoms with Crippen LogP contribution in [0.3, 0.4) is 0 Å². The maximum atomic E-state index is 12.8. The number of hydrogen-bond acceptors (Lipinski definition) is 3. The molecule has 3 aromatic rings. The number of anilines is 1. The summed E-state index contributed by atoms with van der Waals surface area (Å²) >= 11 is 3.40. The summed E-state index contributed by atoms with van der Waals surface area (Å²) in [4.78, 5) is 2.27. The van der Waals surface area contributed by atoms with E-state index in [1.54, 1.807) is 12.1 Å². The van der Waals surface area contributed by atoms with E-state index in [0.717, 1.165) is 26.5 Å². The molecule has 0 aromatic heterocycles. The van der Waals surface area contributed by atoms with Crippen LogP contribution in [0.2, 0.25) is 0 Å². The zero-order chi connectivity index (χ0) is 18.0. The van der Waals surface area contributed by atoms with Crippen molar-refractivity contribution in [1.29, 1.82) is 0 Å². The Bertz CT molecular complexity index is 1020. The van der Waals surface area contributed by atoms with Crippen molar-refractivity contribution in [3.63, 3.8) is 0 Å². The Morgan fingerprint density at radius 3 is 2.36 bits per heavy atom. The number of nitrogens with one attached hydrogen (secondary N) is 1. The molecule has 0 fully saturated rings. The molecule has 0 unspecified atom stereocenters. The molecule has 0 aliphatic rings. The van der Waals surface area contributed by atoms with Crippen molar-refractivity contribution in [2.45, 2.75) is 11.4 Å². The molecule has 0 radical (unpaired) electrons. The van der Waals surface area contributed by atoms with Crippen LogP contribution >= 0.6 is 15.9 Å². The van der Waals surface area contributed by atoms with E-state index in [9.17, 15) is 8.42 Å². The Morgan fingerprint density at radius 1 is 0.960 bits per heavy atom. The Hall–Kier alpha value is -1.89. The molecule has 0 spiro atoms. The molecule has 0 aliphatic carbocycles. The summed E-state index contributed by atoms with van der Waals surface area (Å²) in [6, 6.07) is 18.7. The number of fused-ring (bicyclic) bond motifs is 1. The van der Waals surface area contributed by atoms with E-state index >= 15 is 0 Å².